The maximum absolute atomic E-state index is 6.71. The summed E-state index contributed by atoms with van der Waals surface area (Å²) in [7, 11) is 2.00. The number of hydrogen-bond donors (Lipinski definition) is 0. The van der Waals surface area contributed by atoms with E-state index in [1.54, 1.807) is 0 Å². The zero-order valence-electron chi connectivity index (χ0n) is 28.2. The number of imidazole rings is 1. The Morgan fingerprint density at radius 2 is 1.41 bits per heavy atom. The van der Waals surface area contributed by atoms with E-state index in [1.165, 1.54) is 54.7 Å². The van der Waals surface area contributed by atoms with Gasteiger partial charge in [0.25, 0.3) is 0 Å². The minimum Gasteiger partial charge on any atom is -0.500 e. The molecule has 0 bridgehead atoms. The first-order chi connectivity index (χ1) is 24.6. The van der Waals surface area contributed by atoms with E-state index >= 15 is 0 Å². The number of furan rings is 1. The van der Waals surface area contributed by atoms with Crippen LogP contribution in [0.1, 0.15) is 11.1 Å². The summed E-state index contributed by atoms with van der Waals surface area (Å²) < 4.78 is 13.1. The molecule has 0 spiro atoms. The molecule has 0 N–H and O–H groups in total. The van der Waals surface area contributed by atoms with Gasteiger partial charge in [-0.2, -0.15) is 30.3 Å². The maximum atomic E-state index is 6.71. The van der Waals surface area contributed by atoms with Gasteiger partial charge in [0, 0.05) is 27.7 Å². The van der Waals surface area contributed by atoms with Crippen molar-refractivity contribution in [2.75, 3.05) is 0 Å². The largest absolute Gasteiger partial charge is 3.00 e. The van der Waals surface area contributed by atoms with Gasteiger partial charge < -0.3 is 22.9 Å². The van der Waals surface area contributed by atoms with Gasteiger partial charge in [-0.15, -0.1) is 18.2 Å². The fourth-order valence-corrected chi connectivity index (χ4v) is 7.56. The smallest absolute Gasteiger partial charge is 0.500 e. The maximum Gasteiger partial charge on any atom is 3.00 e. The van der Waals surface area contributed by atoms with Gasteiger partial charge in [-0.05, 0) is 37.2 Å². The van der Waals surface area contributed by atoms with Gasteiger partial charge in [-0.3, -0.25) is 0 Å². The SMILES string of the molecule is C[n+]1[c-]n(-c2[c-]cccc2)c2ccccc21.Cc1cnc(-c2[c-]ccc3c2oc2c3ccc3c2c2cccc4c5ccccc5n3c42)cc1C.[Ir+3]. The van der Waals surface area contributed by atoms with Crippen molar-refractivity contribution in [2.24, 2.45) is 7.05 Å². The van der Waals surface area contributed by atoms with Crippen LogP contribution in [0.5, 0.6) is 0 Å². The fraction of sp³-hybridized carbons (Fsp3) is 0.0667. The first-order valence-electron chi connectivity index (χ1n) is 16.8. The molecular formula is C45H30IrN4O+. The second-order valence-corrected chi connectivity index (χ2v) is 13.0. The molecule has 11 rings (SSSR count). The van der Waals surface area contributed by atoms with Gasteiger partial charge in [0.05, 0.1) is 45.6 Å². The van der Waals surface area contributed by atoms with Crippen LogP contribution in [0.15, 0.2) is 132 Å². The summed E-state index contributed by atoms with van der Waals surface area (Å²) >= 11 is 0. The zero-order valence-corrected chi connectivity index (χ0v) is 30.5. The van der Waals surface area contributed by atoms with Gasteiger partial charge in [0.15, 0.2) is 0 Å². The van der Waals surface area contributed by atoms with Crippen molar-refractivity contribution in [1.82, 2.24) is 14.0 Å². The molecule has 11 aromatic rings. The third-order valence-electron chi connectivity index (χ3n) is 10.1. The Bertz CT molecular complexity index is 3080. The van der Waals surface area contributed by atoms with E-state index in [0.717, 1.165) is 44.4 Å². The molecule has 0 aliphatic heterocycles. The van der Waals surface area contributed by atoms with Crippen molar-refractivity contribution in [3.05, 3.63) is 157 Å². The summed E-state index contributed by atoms with van der Waals surface area (Å²) in [6, 6.07) is 48.7. The van der Waals surface area contributed by atoms with Crippen molar-refractivity contribution in [3.8, 4) is 16.9 Å². The summed E-state index contributed by atoms with van der Waals surface area (Å²) in [4.78, 5) is 4.70. The fourth-order valence-electron chi connectivity index (χ4n) is 7.56. The summed E-state index contributed by atoms with van der Waals surface area (Å²) in [6.07, 6.45) is 5.20. The van der Waals surface area contributed by atoms with Crippen molar-refractivity contribution < 1.29 is 29.1 Å². The Labute approximate surface area is 307 Å². The number of pyridine rings is 1. The number of rotatable bonds is 2. The van der Waals surface area contributed by atoms with Gasteiger partial charge in [-0.1, -0.05) is 95.0 Å². The third kappa shape index (κ3) is 4.64. The molecule has 5 heterocycles. The van der Waals surface area contributed by atoms with Crippen molar-refractivity contribution in [2.45, 2.75) is 13.8 Å². The van der Waals surface area contributed by atoms with Crippen LogP contribution in [0.3, 0.4) is 0 Å². The number of aromatic nitrogens is 4. The zero-order chi connectivity index (χ0) is 33.5. The molecule has 0 aliphatic rings. The predicted molar refractivity (Wildman–Crippen MR) is 202 cm³/mol. The summed E-state index contributed by atoms with van der Waals surface area (Å²) in [5, 5.41) is 7.18. The standard InChI is InChI=1S/C31H19N2O.C14H11N2.Ir/c1-17-15-25(32-16-18(17)2)23-10-6-9-21-22-13-14-27-28(31(22)34-30(21)23)24-11-5-8-20-19-7-3-4-12-26(19)33(27)29(20)24;1-15-11-16(12-7-3-2-4-8-12)14-10-6-5-9-13(14)15;/h3-9,11-16H,1-2H3;2-7,9-10H,1H3;/q2*-1;+3. The van der Waals surface area contributed by atoms with Crippen molar-refractivity contribution in [3.63, 3.8) is 0 Å². The van der Waals surface area contributed by atoms with Gasteiger partial charge in [-0.25, -0.2) is 0 Å². The van der Waals surface area contributed by atoms with Crippen LogP contribution >= 0.6 is 0 Å². The normalized spacial score (nSPS) is 11.7. The van der Waals surface area contributed by atoms with Gasteiger partial charge >= 0.3 is 20.1 Å². The van der Waals surface area contributed by atoms with E-state index in [-0.39, 0.29) is 20.1 Å². The molecule has 6 heteroatoms. The first-order valence-corrected chi connectivity index (χ1v) is 16.8. The quantitative estimate of drug-likeness (QED) is 0.129. The van der Waals surface area contributed by atoms with Crippen LogP contribution in [0.4, 0.5) is 0 Å². The molecule has 0 unspecified atom stereocenters. The summed E-state index contributed by atoms with van der Waals surface area (Å²) in [5.74, 6) is 0. The summed E-state index contributed by atoms with van der Waals surface area (Å²) in [6.45, 7) is 4.20. The number of benzene rings is 6. The third-order valence-corrected chi connectivity index (χ3v) is 10.1. The number of nitrogens with zero attached hydrogens (tertiary/aromatic N) is 4. The van der Waals surface area contributed by atoms with Gasteiger partial charge in [0.1, 0.15) is 5.58 Å². The molecular weight excluding hydrogens is 805 g/mol. The Hall–Kier alpha value is -5.81. The van der Waals surface area contributed by atoms with Crippen LogP contribution in [0, 0.1) is 32.3 Å². The second-order valence-electron chi connectivity index (χ2n) is 13.0. The van der Waals surface area contributed by atoms with E-state index in [1.807, 2.05) is 64.8 Å². The Kier molecular flexibility index (Phi) is 7.28. The molecule has 5 nitrogen and oxygen atoms in total. The number of para-hydroxylation sites is 5. The molecule has 0 radical (unpaired) electrons. The molecule has 6 aromatic carbocycles. The van der Waals surface area contributed by atoms with Crippen molar-refractivity contribution in [1.29, 1.82) is 0 Å². The Morgan fingerprint density at radius 1 is 0.647 bits per heavy atom. The molecule has 0 fully saturated rings. The minimum atomic E-state index is 0. The minimum absolute atomic E-state index is 0. The van der Waals surface area contributed by atoms with Crippen LogP contribution in [0.25, 0.3) is 88.0 Å². The van der Waals surface area contributed by atoms with E-state index in [9.17, 15) is 0 Å². The second kappa shape index (κ2) is 11.9. The molecule has 5 aromatic heterocycles. The molecule has 0 amide bonds. The summed E-state index contributed by atoms with van der Waals surface area (Å²) in [5.41, 5.74) is 13.0. The number of aryl methyl sites for hydroxylation is 3. The van der Waals surface area contributed by atoms with E-state index in [4.69, 9.17) is 9.40 Å². The molecule has 0 saturated carbocycles. The van der Waals surface area contributed by atoms with E-state index in [0.29, 0.717) is 0 Å². The van der Waals surface area contributed by atoms with Crippen LogP contribution in [0.2, 0.25) is 0 Å². The average molecular weight is 835 g/mol. The topological polar surface area (TPSA) is 39.2 Å². The first kappa shape index (κ1) is 31.2. The van der Waals surface area contributed by atoms with Crippen LogP contribution in [-0.4, -0.2) is 14.0 Å². The number of fused-ring (bicyclic) bond motifs is 11. The van der Waals surface area contributed by atoms with Gasteiger partial charge in [0.2, 0.25) is 6.33 Å². The average Bonchev–Trinajstić information content (AvgIpc) is 3.90. The molecule has 244 valence electrons. The molecule has 0 aliphatic carbocycles. The Balaban J connectivity index is 0.000000173. The monoisotopic (exact) mass is 835 g/mol. The number of hydrogen-bond acceptors (Lipinski definition) is 2. The van der Waals surface area contributed by atoms with Crippen molar-refractivity contribution >= 4 is 71.1 Å². The molecule has 0 atom stereocenters. The predicted octanol–water partition coefficient (Wildman–Crippen LogP) is 10.3. The van der Waals surface area contributed by atoms with Crippen LogP contribution in [-0.2, 0) is 27.2 Å². The van der Waals surface area contributed by atoms with Crippen LogP contribution < -0.4 is 4.57 Å². The molecule has 0 saturated heterocycles. The van der Waals surface area contributed by atoms with E-state index < -0.39 is 0 Å². The molecule has 51 heavy (non-hydrogen) atoms. The van der Waals surface area contributed by atoms with E-state index in [2.05, 4.69) is 116 Å². The Morgan fingerprint density at radius 3 is 2.25 bits per heavy atom.